The lowest BCUT2D eigenvalue weighted by Crippen LogP contribution is -2.43. The van der Waals surface area contributed by atoms with Crippen LogP contribution in [0.3, 0.4) is 0 Å². The number of urea groups is 1. The highest BCUT2D eigenvalue weighted by molar-refractivity contribution is 5.74. The monoisotopic (exact) mass is 342 g/mol. The molecule has 0 saturated carbocycles. The number of fused-ring (bicyclic) bond motifs is 1. The fraction of sp³-hybridized carbons (Fsp3) is 0.474. The number of rotatable bonds is 6. The maximum atomic E-state index is 12.4. The second-order valence-corrected chi connectivity index (χ2v) is 6.39. The number of carbonyl (C=O) groups is 1. The number of amides is 2. The van der Waals surface area contributed by atoms with Crippen LogP contribution in [0, 0.1) is 0 Å². The summed E-state index contributed by atoms with van der Waals surface area (Å²) >= 11 is 0. The standard InChI is InChI=1S/C19H26N4O2/c1-2-22(11-12-24)19(25)21-17-9-6-10-18-16(17)13-20-23(18)14-15-7-4-3-5-8-15/h3-5,7-8,13,17,24H,2,6,9-12,14H2,1H3,(H,21,25)/t17-/m1/s1. The molecule has 0 saturated heterocycles. The number of nitrogens with zero attached hydrogens (tertiary/aromatic N) is 3. The maximum Gasteiger partial charge on any atom is 0.317 e. The van der Waals surface area contributed by atoms with Crippen LogP contribution in [0.5, 0.6) is 0 Å². The molecular weight excluding hydrogens is 316 g/mol. The number of hydrogen-bond acceptors (Lipinski definition) is 3. The molecule has 1 aliphatic carbocycles. The first-order valence-electron chi connectivity index (χ1n) is 8.97. The van der Waals surface area contributed by atoms with Gasteiger partial charge in [-0.15, -0.1) is 0 Å². The largest absolute Gasteiger partial charge is 0.395 e. The third kappa shape index (κ3) is 4.02. The van der Waals surface area contributed by atoms with Crippen molar-refractivity contribution in [3.05, 3.63) is 53.3 Å². The number of likely N-dealkylation sites (N-methyl/N-ethyl adjacent to an activating group) is 1. The van der Waals surface area contributed by atoms with Gasteiger partial charge < -0.3 is 15.3 Å². The van der Waals surface area contributed by atoms with Crippen molar-refractivity contribution in [1.82, 2.24) is 20.0 Å². The van der Waals surface area contributed by atoms with Crippen LogP contribution in [0.4, 0.5) is 4.79 Å². The molecule has 0 fully saturated rings. The molecule has 25 heavy (non-hydrogen) atoms. The predicted molar refractivity (Wildman–Crippen MR) is 96.3 cm³/mol. The topological polar surface area (TPSA) is 70.4 Å². The molecule has 1 aromatic carbocycles. The Morgan fingerprint density at radius 3 is 2.92 bits per heavy atom. The molecule has 0 aliphatic heterocycles. The molecule has 134 valence electrons. The van der Waals surface area contributed by atoms with E-state index in [1.807, 2.05) is 36.0 Å². The van der Waals surface area contributed by atoms with Crippen molar-refractivity contribution < 1.29 is 9.90 Å². The maximum absolute atomic E-state index is 12.4. The first-order valence-corrected chi connectivity index (χ1v) is 8.97. The number of hydrogen-bond donors (Lipinski definition) is 2. The summed E-state index contributed by atoms with van der Waals surface area (Å²) in [6.45, 7) is 3.59. The third-order valence-electron chi connectivity index (χ3n) is 4.77. The third-order valence-corrected chi connectivity index (χ3v) is 4.77. The molecule has 1 heterocycles. The first kappa shape index (κ1) is 17.5. The Balaban J connectivity index is 1.73. The number of nitrogens with one attached hydrogen (secondary N) is 1. The Bertz CT molecular complexity index is 699. The van der Waals surface area contributed by atoms with Crippen LogP contribution in [-0.4, -0.2) is 45.5 Å². The summed E-state index contributed by atoms with van der Waals surface area (Å²) in [7, 11) is 0. The zero-order valence-corrected chi connectivity index (χ0v) is 14.7. The quantitative estimate of drug-likeness (QED) is 0.846. The van der Waals surface area contributed by atoms with Crippen molar-refractivity contribution in [1.29, 1.82) is 0 Å². The van der Waals surface area contributed by atoms with Gasteiger partial charge in [-0.3, -0.25) is 4.68 Å². The summed E-state index contributed by atoms with van der Waals surface area (Å²) in [4.78, 5) is 14.0. The smallest absolute Gasteiger partial charge is 0.317 e. The van der Waals surface area contributed by atoms with E-state index in [4.69, 9.17) is 5.11 Å². The SMILES string of the molecule is CCN(CCO)C(=O)N[C@@H]1CCCc2c1cnn2Cc1ccccc1. The van der Waals surface area contributed by atoms with Gasteiger partial charge in [0.05, 0.1) is 25.4 Å². The van der Waals surface area contributed by atoms with Crippen LogP contribution in [0.1, 0.15) is 42.6 Å². The van der Waals surface area contributed by atoms with Gasteiger partial charge in [0.25, 0.3) is 0 Å². The number of carbonyl (C=O) groups excluding carboxylic acids is 1. The average molecular weight is 342 g/mol. The highest BCUT2D eigenvalue weighted by Gasteiger charge is 2.26. The fourth-order valence-electron chi connectivity index (χ4n) is 3.43. The molecular formula is C19H26N4O2. The molecule has 1 atom stereocenters. The van der Waals surface area contributed by atoms with E-state index in [2.05, 4.69) is 22.5 Å². The molecule has 0 radical (unpaired) electrons. The van der Waals surface area contributed by atoms with E-state index in [1.54, 1.807) is 4.90 Å². The normalized spacial score (nSPS) is 16.3. The van der Waals surface area contributed by atoms with E-state index < -0.39 is 0 Å². The second kappa shape index (κ2) is 8.16. The molecule has 2 N–H and O–H groups in total. The van der Waals surface area contributed by atoms with Crippen LogP contribution in [-0.2, 0) is 13.0 Å². The van der Waals surface area contributed by atoms with Crippen LogP contribution >= 0.6 is 0 Å². The molecule has 6 heteroatoms. The van der Waals surface area contributed by atoms with Gasteiger partial charge in [0.1, 0.15) is 0 Å². The Morgan fingerprint density at radius 2 is 2.20 bits per heavy atom. The molecule has 6 nitrogen and oxygen atoms in total. The van der Waals surface area contributed by atoms with E-state index in [9.17, 15) is 4.79 Å². The molecule has 2 aromatic rings. The van der Waals surface area contributed by atoms with Gasteiger partial charge in [0.2, 0.25) is 0 Å². The predicted octanol–water partition coefficient (Wildman–Crippen LogP) is 2.33. The van der Waals surface area contributed by atoms with Crippen molar-refractivity contribution in [2.24, 2.45) is 0 Å². The summed E-state index contributed by atoms with van der Waals surface area (Å²) in [6, 6.07) is 10.2. The van der Waals surface area contributed by atoms with Crippen molar-refractivity contribution in [2.45, 2.75) is 38.8 Å². The Morgan fingerprint density at radius 1 is 1.40 bits per heavy atom. The zero-order valence-electron chi connectivity index (χ0n) is 14.7. The Labute approximate surface area is 148 Å². The molecule has 0 bridgehead atoms. The van der Waals surface area contributed by atoms with Crippen molar-refractivity contribution in [2.75, 3.05) is 19.7 Å². The van der Waals surface area contributed by atoms with Gasteiger partial charge in [-0.05, 0) is 31.7 Å². The molecule has 2 amide bonds. The van der Waals surface area contributed by atoms with E-state index in [0.717, 1.165) is 31.4 Å². The van der Waals surface area contributed by atoms with Gasteiger partial charge in [0.15, 0.2) is 0 Å². The van der Waals surface area contributed by atoms with Gasteiger partial charge in [-0.25, -0.2) is 4.79 Å². The molecule has 3 rings (SSSR count). The summed E-state index contributed by atoms with van der Waals surface area (Å²) in [5.41, 5.74) is 3.56. The van der Waals surface area contributed by atoms with Crippen molar-refractivity contribution >= 4 is 6.03 Å². The number of aliphatic hydroxyl groups is 1. The minimum absolute atomic E-state index is 0.00600. The van der Waals surface area contributed by atoms with E-state index >= 15 is 0 Å². The van der Waals surface area contributed by atoms with Gasteiger partial charge in [-0.2, -0.15) is 5.10 Å². The highest BCUT2D eigenvalue weighted by atomic mass is 16.3. The lowest BCUT2D eigenvalue weighted by atomic mass is 9.93. The van der Waals surface area contributed by atoms with E-state index in [1.165, 1.54) is 11.3 Å². The fourth-order valence-corrected chi connectivity index (χ4v) is 3.43. The lowest BCUT2D eigenvalue weighted by Gasteiger charge is -2.28. The number of aliphatic hydroxyl groups excluding tert-OH is 1. The summed E-state index contributed by atoms with van der Waals surface area (Å²) in [5, 5.41) is 16.8. The minimum atomic E-state index is -0.120. The van der Waals surface area contributed by atoms with Gasteiger partial charge in [0, 0.05) is 24.3 Å². The molecule has 0 unspecified atom stereocenters. The molecule has 1 aliphatic rings. The van der Waals surface area contributed by atoms with Crippen molar-refractivity contribution in [3.8, 4) is 0 Å². The molecule has 0 spiro atoms. The number of aromatic nitrogens is 2. The first-order chi connectivity index (χ1) is 12.2. The van der Waals surface area contributed by atoms with Crippen LogP contribution in [0.25, 0.3) is 0 Å². The van der Waals surface area contributed by atoms with Crippen LogP contribution in [0.15, 0.2) is 36.5 Å². The minimum Gasteiger partial charge on any atom is -0.395 e. The van der Waals surface area contributed by atoms with E-state index in [-0.39, 0.29) is 18.7 Å². The van der Waals surface area contributed by atoms with E-state index in [0.29, 0.717) is 13.1 Å². The summed E-state index contributed by atoms with van der Waals surface area (Å²) in [5.74, 6) is 0. The van der Waals surface area contributed by atoms with Crippen molar-refractivity contribution in [3.63, 3.8) is 0 Å². The highest BCUT2D eigenvalue weighted by Crippen LogP contribution is 2.30. The Hall–Kier alpha value is -2.34. The van der Waals surface area contributed by atoms with Crippen LogP contribution < -0.4 is 5.32 Å². The van der Waals surface area contributed by atoms with Gasteiger partial charge >= 0.3 is 6.03 Å². The second-order valence-electron chi connectivity index (χ2n) is 6.39. The summed E-state index contributed by atoms with van der Waals surface area (Å²) in [6.07, 6.45) is 4.84. The van der Waals surface area contributed by atoms with Crippen LogP contribution in [0.2, 0.25) is 0 Å². The average Bonchev–Trinajstić information content (AvgIpc) is 3.04. The molecule has 1 aromatic heterocycles. The lowest BCUT2D eigenvalue weighted by molar-refractivity contribution is 0.176. The number of benzene rings is 1. The summed E-state index contributed by atoms with van der Waals surface area (Å²) < 4.78 is 2.05. The Kier molecular flexibility index (Phi) is 5.71. The van der Waals surface area contributed by atoms with Gasteiger partial charge in [-0.1, -0.05) is 30.3 Å². The zero-order chi connectivity index (χ0) is 17.6.